The maximum absolute atomic E-state index is 15.1. The smallest absolute Gasteiger partial charge is 0.258 e. The van der Waals surface area contributed by atoms with E-state index in [1.165, 1.54) is 48.5 Å². The molecule has 19 heteroatoms. The molecule has 0 aliphatic carbocycles. The van der Waals surface area contributed by atoms with E-state index in [9.17, 15) is 35.4 Å². The number of benzene rings is 5. The van der Waals surface area contributed by atoms with Crippen molar-refractivity contribution < 1.29 is 38.6 Å². The highest BCUT2D eigenvalue weighted by Gasteiger charge is 2.40. The summed E-state index contributed by atoms with van der Waals surface area (Å²) >= 11 is 0. The lowest BCUT2D eigenvalue weighted by Gasteiger charge is -2.38. The van der Waals surface area contributed by atoms with Gasteiger partial charge in [-0.1, -0.05) is 84.9 Å². The Labute approximate surface area is 364 Å². The number of aryl methyl sites for hydroxylation is 4. The minimum atomic E-state index is -4.55. The fraction of sp³-hybridized carbons (Fsp3) is 0.302. The van der Waals surface area contributed by atoms with Crippen molar-refractivity contribution in [2.24, 2.45) is 0 Å². The summed E-state index contributed by atoms with van der Waals surface area (Å²) in [5, 5.41) is 11.6. The molecule has 0 unspecified atom stereocenters. The second-order valence-electron chi connectivity index (χ2n) is 15.1. The number of hydrogen-bond donors (Lipinski definition) is 0. The Morgan fingerprint density at radius 3 is 1.16 bits per heavy atom. The number of nitro benzene ring substituents is 1. The van der Waals surface area contributed by atoms with Crippen molar-refractivity contribution in [3.8, 4) is 0 Å². The Hall–Kier alpha value is -4.86. The zero-order valence-electron chi connectivity index (χ0n) is 34.7. The minimum Gasteiger partial charge on any atom is -0.258 e. The lowest BCUT2D eigenvalue weighted by Crippen LogP contribution is -2.54. The second kappa shape index (κ2) is 18.9. The predicted octanol–water partition coefficient (Wildman–Crippen LogP) is 5.52. The van der Waals surface area contributed by atoms with Gasteiger partial charge in [-0.2, -0.15) is 17.2 Å². The lowest BCUT2D eigenvalue weighted by atomic mass is 10.1. The normalized spacial score (nSPS) is 17.5. The molecule has 1 saturated heterocycles. The van der Waals surface area contributed by atoms with E-state index in [4.69, 9.17) is 0 Å². The molecule has 1 atom stereocenters. The van der Waals surface area contributed by atoms with Crippen LogP contribution in [-0.2, 0) is 46.5 Å². The van der Waals surface area contributed by atoms with Gasteiger partial charge in [-0.05, 0) is 86.2 Å². The predicted molar refractivity (Wildman–Crippen MR) is 235 cm³/mol. The fourth-order valence-electron chi connectivity index (χ4n) is 7.61. The second-order valence-corrected chi connectivity index (χ2v) is 22.7. The molecule has 0 N–H and O–H groups in total. The summed E-state index contributed by atoms with van der Waals surface area (Å²) in [5.74, 6) is 0. The largest absolute Gasteiger partial charge is 0.269 e. The number of hydrogen-bond acceptors (Lipinski definition) is 10. The first-order valence-corrected chi connectivity index (χ1v) is 25.5. The van der Waals surface area contributed by atoms with Crippen LogP contribution < -0.4 is 0 Å². The molecule has 1 aliphatic rings. The fourth-order valence-corrected chi connectivity index (χ4v) is 14.4. The number of nitro groups is 1. The first kappa shape index (κ1) is 46.6. The summed E-state index contributed by atoms with van der Waals surface area (Å²) in [7, 11) is -17.8. The van der Waals surface area contributed by atoms with Gasteiger partial charge < -0.3 is 0 Å². The standard InChI is InChI=1S/C43H49N5O10S4/c1-33-13-5-9-17-40(33)59(51,52)44-25-26-45(60(53,54)41-18-10-6-14-34(41)2)29-30-47(62(57,58)43-20-12-8-16-36(43)4)39(31-37-21-23-38(24-22-37)48(49)50)32-46(28-27-44)61(55,56)42-19-11-7-15-35(42)3/h5-24,39H,25-32H2,1-4H3/t39-/m0/s1. The molecule has 0 amide bonds. The molecule has 0 aromatic heterocycles. The maximum atomic E-state index is 15.1. The van der Waals surface area contributed by atoms with E-state index in [0.717, 1.165) is 17.2 Å². The molecule has 5 aromatic rings. The highest BCUT2D eigenvalue weighted by atomic mass is 32.2. The van der Waals surface area contributed by atoms with E-state index in [0.29, 0.717) is 27.8 Å². The Morgan fingerprint density at radius 1 is 0.468 bits per heavy atom. The van der Waals surface area contributed by atoms with Crippen molar-refractivity contribution in [2.75, 3.05) is 45.8 Å². The monoisotopic (exact) mass is 923 g/mol. The average molecular weight is 924 g/mol. The number of nitrogens with zero attached hydrogens (tertiary/aromatic N) is 5. The van der Waals surface area contributed by atoms with E-state index in [2.05, 4.69) is 0 Å². The summed E-state index contributed by atoms with van der Waals surface area (Å²) in [6.07, 6.45) is -0.168. The average Bonchev–Trinajstić information content (AvgIpc) is 3.22. The molecule has 15 nitrogen and oxygen atoms in total. The maximum Gasteiger partial charge on any atom is 0.269 e. The van der Waals surface area contributed by atoms with Crippen molar-refractivity contribution >= 4 is 45.8 Å². The quantitative estimate of drug-likeness (QED) is 0.120. The van der Waals surface area contributed by atoms with Gasteiger partial charge in [0.15, 0.2) is 0 Å². The Kier molecular flexibility index (Phi) is 14.2. The van der Waals surface area contributed by atoms with Crippen molar-refractivity contribution in [1.29, 1.82) is 0 Å². The van der Waals surface area contributed by atoms with E-state index >= 15 is 8.42 Å². The zero-order valence-corrected chi connectivity index (χ0v) is 38.0. The van der Waals surface area contributed by atoms with E-state index < -0.39 is 96.9 Å². The summed E-state index contributed by atoms with van der Waals surface area (Å²) in [4.78, 5) is 10.8. The SMILES string of the molecule is Cc1ccccc1S(=O)(=O)N1CCN(S(=O)(=O)c2ccccc2C)CCN(S(=O)(=O)c2ccccc2C)[C@@H](Cc2ccc([N+](=O)[O-])cc2)CN(S(=O)(=O)c2ccccc2C)CC1. The van der Waals surface area contributed by atoms with E-state index in [1.54, 1.807) is 100 Å². The summed E-state index contributed by atoms with van der Waals surface area (Å²) in [6.45, 7) is 3.30. The van der Waals surface area contributed by atoms with Crippen LogP contribution in [0.15, 0.2) is 141 Å². The molecule has 6 rings (SSSR count). The number of non-ortho nitro benzene ring substituents is 1. The first-order chi connectivity index (χ1) is 29.3. The third-order valence-corrected chi connectivity index (χ3v) is 19.3. The topological polar surface area (TPSA) is 193 Å². The lowest BCUT2D eigenvalue weighted by molar-refractivity contribution is -0.384. The van der Waals surface area contributed by atoms with Crippen LogP contribution in [0.1, 0.15) is 27.8 Å². The molecular weight excluding hydrogens is 875 g/mol. The molecule has 62 heavy (non-hydrogen) atoms. The molecule has 0 saturated carbocycles. The summed E-state index contributed by atoms with van der Waals surface area (Å²) in [5.41, 5.74) is 1.84. The van der Waals surface area contributed by atoms with Gasteiger partial charge in [0.05, 0.1) is 24.5 Å². The van der Waals surface area contributed by atoms with Crippen LogP contribution in [0.25, 0.3) is 0 Å². The van der Waals surface area contributed by atoms with Crippen LogP contribution in [0.4, 0.5) is 5.69 Å². The van der Waals surface area contributed by atoms with Gasteiger partial charge in [0.25, 0.3) is 5.69 Å². The van der Waals surface area contributed by atoms with Crippen molar-refractivity contribution in [3.05, 3.63) is 159 Å². The molecule has 0 spiro atoms. The van der Waals surface area contributed by atoms with Gasteiger partial charge in [-0.15, -0.1) is 0 Å². The van der Waals surface area contributed by atoms with Gasteiger partial charge in [0.2, 0.25) is 40.1 Å². The molecule has 1 fully saturated rings. The van der Waals surface area contributed by atoms with Crippen LogP contribution in [0, 0.1) is 37.8 Å². The third-order valence-electron chi connectivity index (χ3n) is 11.0. The number of rotatable bonds is 11. The third kappa shape index (κ3) is 9.84. The van der Waals surface area contributed by atoms with Crippen LogP contribution in [0.5, 0.6) is 0 Å². The van der Waals surface area contributed by atoms with Gasteiger partial charge in [0.1, 0.15) is 0 Å². The van der Waals surface area contributed by atoms with Gasteiger partial charge in [-0.3, -0.25) is 10.1 Å². The Balaban J connectivity index is 1.58. The minimum absolute atomic E-state index is 0.0414. The van der Waals surface area contributed by atoms with Crippen molar-refractivity contribution in [2.45, 2.75) is 59.7 Å². The molecule has 0 bridgehead atoms. The van der Waals surface area contributed by atoms with Crippen LogP contribution in [-0.4, -0.2) is 108 Å². The molecule has 5 aromatic carbocycles. The molecule has 1 aliphatic heterocycles. The van der Waals surface area contributed by atoms with Crippen molar-refractivity contribution in [3.63, 3.8) is 0 Å². The van der Waals surface area contributed by atoms with Crippen molar-refractivity contribution in [1.82, 2.24) is 17.2 Å². The highest BCUT2D eigenvalue weighted by Crippen LogP contribution is 2.30. The number of sulfonamides is 4. The Bertz CT molecular complexity index is 2890. The first-order valence-electron chi connectivity index (χ1n) is 19.7. The van der Waals surface area contributed by atoms with Gasteiger partial charge in [-0.25, -0.2) is 33.7 Å². The summed E-state index contributed by atoms with van der Waals surface area (Å²) < 4.78 is 123. The van der Waals surface area contributed by atoms with Gasteiger partial charge in [0, 0.05) is 64.0 Å². The summed E-state index contributed by atoms with van der Waals surface area (Å²) in [6, 6.07) is 29.3. The van der Waals surface area contributed by atoms with Crippen LogP contribution in [0.3, 0.4) is 0 Å². The van der Waals surface area contributed by atoms with Crippen LogP contribution in [0.2, 0.25) is 0 Å². The highest BCUT2D eigenvalue weighted by molar-refractivity contribution is 7.90. The van der Waals surface area contributed by atoms with E-state index in [1.807, 2.05) is 0 Å². The van der Waals surface area contributed by atoms with Gasteiger partial charge >= 0.3 is 0 Å². The molecule has 0 radical (unpaired) electrons. The Morgan fingerprint density at radius 2 is 0.790 bits per heavy atom. The molecule has 1 heterocycles. The molecular formula is C43H49N5O10S4. The zero-order chi connectivity index (χ0) is 45.0. The van der Waals surface area contributed by atoms with Crippen LogP contribution >= 0.6 is 0 Å². The molecule has 330 valence electrons. The van der Waals surface area contributed by atoms with E-state index in [-0.39, 0.29) is 31.7 Å².